The van der Waals surface area contributed by atoms with Gasteiger partial charge in [-0.25, -0.2) is 0 Å². The molecular weight excluding hydrogens is 314 g/mol. The molecule has 2 nitrogen and oxygen atoms in total. The molecule has 0 radical (unpaired) electrons. The molecule has 4 fully saturated rings. The van der Waals surface area contributed by atoms with Gasteiger partial charge in [-0.05, 0) is 75.3 Å². The summed E-state index contributed by atoms with van der Waals surface area (Å²) >= 11 is 7.64. The van der Waals surface area contributed by atoms with Crippen LogP contribution in [0.1, 0.15) is 50.3 Å². The number of rotatable bonds is 4. The molecule has 5 rings (SSSR count). The molecule has 0 aliphatic heterocycles. The first-order valence-electron chi connectivity index (χ1n) is 8.61. The molecule has 1 aromatic heterocycles. The lowest BCUT2D eigenvalue weighted by Gasteiger charge is -2.56. The Morgan fingerprint density at radius 1 is 1.23 bits per heavy atom. The van der Waals surface area contributed by atoms with E-state index in [0.29, 0.717) is 5.91 Å². The zero-order chi connectivity index (χ0) is 15.3. The summed E-state index contributed by atoms with van der Waals surface area (Å²) in [6, 6.07) is 3.99. The second-order valence-corrected chi connectivity index (χ2v) is 9.52. The van der Waals surface area contributed by atoms with Gasteiger partial charge in [-0.1, -0.05) is 11.6 Å². The molecule has 0 saturated heterocycles. The lowest BCUT2D eigenvalue weighted by molar-refractivity contribution is -0.158. The van der Waals surface area contributed by atoms with Gasteiger partial charge in [0.05, 0.1) is 16.3 Å². The number of carbonyl (C=O) groups excluding carboxylic acids is 1. The molecule has 0 unspecified atom stereocenters. The van der Waals surface area contributed by atoms with Gasteiger partial charge in [-0.2, -0.15) is 0 Å². The van der Waals surface area contributed by atoms with E-state index in [9.17, 15) is 4.79 Å². The second kappa shape index (κ2) is 5.52. The summed E-state index contributed by atoms with van der Waals surface area (Å²) in [5.41, 5.74) is -0.0220. The van der Waals surface area contributed by atoms with Crippen molar-refractivity contribution in [2.45, 2.75) is 52.0 Å². The SMILES string of the molecule is CCN(Cc1ccc(Cl)s1)C(=O)C12CC3CC(CC(C3)C1)C2. The molecule has 0 atom stereocenters. The van der Waals surface area contributed by atoms with Gasteiger partial charge >= 0.3 is 0 Å². The minimum atomic E-state index is -0.0220. The number of hydrogen-bond donors (Lipinski definition) is 0. The predicted molar refractivity (Wildman–Crippen MR) is 91.0 cm³/mol. The summed E-state index contributed by atoms with van der Waals surface area (Å²) in [6.07, 6.45) is 7.62. The van der Waals surface area contributed by atoms with Crippen LogP contribution < -0.4 is 0 Å². The Kier molecular flexibility index (Phi) is 3.77. The molecule has 1 aromatic rings. The Morgan fingerprint density at radius 2 is 1.82 bits per heavy atom. The fraction of sp³-hybridized carbons (Fsp3) is 0.722. The van der Waals surface area contributed by atoms with Crippen molar-refractivity contribution in [2.24, 2.45) is 23.2 Å². The van der Waals surface area contributed by atoms with Crippen LogP contribution in [0.4, 0.5) is 0 Å². The summed E-state index contributed by atoms with van der Waals surface area (Å²) < 4.78 is 0.813. The van der Waals surface area contributed by atoms with E-state index in [4.69, 9.17) is 11.6 Å². The van der Waals surface area contributed by atoms with Crippen LogP contribution >= 0.6 is 22.9 Å². The molecule has 4 aliphatic carbocycles. The average Bonchev–Trinajstić information content (AvgIpc) is 2.88. The van der Waals surface area contributed by atoms with Gasteiger partial charge in [-0.15, -0.1) is 11.3 Å². The third-order valence-electron chi connectivity index (χ3n) is 6.14. The third-order valence-corrected chi connectivity index (χ3v) is 7.35. The van der Waals surface area contributed by atoms with Gasteiger partial charge in [0.25, 0.3) is 0 Å². The smallest absolute Gasteiger partial charge is 0.229 e. The molecule has 1 heterocycles. The molecule has 4 bridgehead atoms. The van der Waals surface area contributed by atoms with Crippen LogP contribution in [-0.4, -0.2) is 17.4 Å². The number of halogens is 1. The molecule has 0 aromatic carbocycles. The Hall–Kier alpha value is -0.540. The van der Waals surface area contributed by atoms with Crippen LogP contribution in [0.5, 0.6) is 0 Å². The molecule has 4 aliphatic rings. The number of hydrogen-bond acceptors (Lipinski definition) is 2. The van der Waals surface area contributed by atoms with Crippen molar-refractivity contribution in [3.8, 4) is 0 Å². The van der Waals surface area contributed by atoms with E-state index in [1.165, 1.54) is 24.1 Å². The van der Waals surface area contributed by atoms with Gasteiger partial charge in [0.2, 0.25) is 5.91 Å². The topological polar surface area (TPSA) is 20.3 Å². The maximum Gasteiger partial charge on any atom is 0.229 e. The van der Waals surface area contributed by atoms with E-state index in [-0.39, 0.29) is 5.41 Å². The lowest BCUT2D eigenvalue weighted by Crippen LogP contribution is -2.54. The van der Waals surface area contributed by atoms with Crippen molar-refractivity contribution in [3.63, 3.8) is 0 Å². The van der Waals surface area contributed by atoms with Crippen molar-refractivity contribution < 1.29 is 4.79 Å². The summed E-state index contributed by atoms with van der Waals surface area (Å²) in [5.74, 6) is 2.90. The molecule has 120 valence electrons. The minimum absolute atomic E-state index is 0.0220. The zero-order valence-electron chi connectivity index (χ0n) is 13.2. The van der Waals surface area contributed by atoms with E-state index in [1.54, 1.807) is 11.3 Å². The number of amides is 1. The highest BCUT2D eigenvalue weighted by atomic mass is 35.5. The third kappa shape index (κ3) is 2.50. The highest BCUT2D eigenvalue weighted by Gasteiger charge is 2.55. The summed E-state index contributed by atoms with van der Waals surface area (Å²) in [6.45, 7) is 3.64. The molecule has 0 spiro atoms. The first-order valence-corrected chi connectivity index (χ1v) is 9.81. The van der Waals surface area contributed by atoms with Crippen LogP contribution in [-0.2, 0) is 11.3 Å². The average molecular weight is 338 g/mol. The largest absolute Gasteiger partial charge is 0.337 e. The second-order valence-electron chi connectivity index (χ2n) is 7.72. The van der Waals surface area contributed by atoms with Crippen LogP contribution in [0.25, 0.3) is 0 Å². The molecule has 4 saturated carbocycles. The predicted octanol–water partition coefficient (Wildman–Crippen LogP) is 4.97. The van der Waals surface area contributed by atoms with E-state index in [1.807, 2.05) is 6.07 Å². The van der Waals surface area contributed by atoms with E-state index >= 15 is 0 Å². The van der Waals surface area contributed by atoms with Gasteiger partial charge in [0.1, 0.15) is 0 Å². The highest BCUT2D eigenvalue weighted by Crippen LogP contribution is 2.60. The van der Waals surface area contributed by atoms with Gasteiger partial charge < -0.3 is 4.90 Å². The van der Waals surface area contributed by atoms with Crippen LogP contribution in [0.3, 0.4) is 0 Å². The molecule has 22 heavy (non-hydrogen) atoms. The summed E-state index contributed by atoms with van der Waals surface area (Å²) in [5, 5.41) is 0. The maximum absolute atomic E-state index is 13.3. The summed E-state index contributed by atoms with van der Waals surface area (Å²) in [4.78, 5) is 16.6. The van der Waals surface area contributed by atoms with E-state index < -0.39 is 0 Å². The van der Waals surface area contributed by atoms with E-state index in [0.717, 1.165) is 54.4 Å². The van der Waals surface area contributed by atoms with Crippen molar-refractivity contribution in [2.75, 3.05) is 6.54 Å². The number of nitrogens with zero attached hydrogens (tertiary/aromatic N) is 1. The van der Waals surface area contributed by atoms with Crippen molar-refractivity contribution >= 4 is 28.8 Å². The Bertz CT molecular complexity index is 546. The molecule has 4 heteroatoms. The first-order chi connectivity index (χ1) is 10.6. The standard InChI is InChI=1S/C18H24ClNOS/c1-2-20(11-15-3-4-16(19)22-15)17(21)18-8-12-5-13(9-18)7-14(6-12)10-18/h3-4,12-14H,2,5-11H2,1H3. The zero-order valence-corrected chi connectivity index (χ0v) is 14.8. The monoisotopic (exact) mass is 337 g/mol. The summed E-state index contributed by atoms with van der Waals surface area (Å²) in [7, 11) is 0. The maximum atomic E-state index is 13.3. The van der Waals surface area contributed by atoms with E-state index in [2.05, 4.69) is 17.9 Å². The Labute approximate surface area is 141 Å². The molecule has 1 amide bonds. The molecule has 0 N–H and O–H groups in total. The van der Waals surface area contributed by atoms with Crippen LogP contribution in [0.2, 0.25) is 4.34 Å². The molecular formula is C18H24ClNOS. The van der Waals surface area contributed by atoms with Gasteiger partial charge in [-0.3, -0.25) is 4.79 Å². The Morgan fingerprint density at radius 3 is 2.27 bits per heavy atom. The normalized spacial score (nSPS) is 35.8. The van der Waals surface area contributed by atoms with Crippen molar-refractivity contribution in [1.29, 1.82) is 0 Å². The minimum Gasteiger partial charge on any atom is -0.337 e. The number of thiophene rings is 1. The Balaban J connectivity index is 1.54. The fourth-order valence-electron chi connectivity index (χ4n) is 5.66. The number of carbonyl (C=O) groups is 1. The quantitative estimate of drug-likeness (QED) is 0.759. The van der Waals surface area contributed by atoms with Crippen LogP contribution in [0.15, 0.2) is 12.1 Å². The first kappa shape index (κ1) is 15.0. The van der Waals surface area contributed by atoms with Gasteiger partial charge in [0.15, 0.2) is 0 Å². The van der Waals surface area contributed by atoms with Crippen LogP contribution in [0, 0.1) is 23.2 Å². The lowest BCUT2D eigenvalue weighted by atomic mass is 9.49. The fourth-order valence-corrected chi connectivity index (χ4v) is 6.76. The van der Waals surface area contributed by atoms with Crippen molar-refractivity contribution in [3.05, 3.63) is 21.3 Å². The highest BCUT2D eigenvalue weighted by molar-refractivity contribution is 7.16. The van der Waals surface area contributed by atoms with Crippen molar-refractivity contribution in [1.82, 2.24) is 4.90 Å². The van der Waals surface area contributed by atoms with Gasteiger partial charge in [0, 0.05) is 11.4 Å².